The minimum Gasteiger partial charge on any atom is -0.463 e. The van der Waals surface area contributed by atoms with Gasteiger partial charge >= 0.3 is 5.97 Å². The second-order valence-electron chi connectivity index (χ2n) is 3.73. The molecule has 2 heteroatoms. The van der Waals surface area contributed by atoms with Crippen molar-refractivity contribution in [3.05, 3.63) is 12.7 Å². The van der Waals surface area contributed by atoms with Crippen LogP contribution in [0.25, 0.3) is 0 Å². The second-order valence-corrected chi connectivity index (χ2v) is 3.73. The molecule has 0 fully saturated rings. The van der Waals surface area contributed by atoms with Gasteiger partial charge in [-0.3, -0.25) is 0 Å². The number of carbonyl (C=O) groups is 1. The van der Waals surface area contributed by atoms with Gasteiger partial charge in [-0.05, 0) is 12.3 Å². The SMILES string of the molecule is C=CC(=O)OCCCCCC(C)CC. The summed E-state index contributed by atoms with van der Waals surface area (Å²) >= 11 is 0. The van der Waals surface area contributed by atoms with Gasteiger partial charge in [0, 0.05) is 6.08 Å². The fourth-order valence-corrected chi connectivity index (χ4v) is 1.21. The van der Waals surface area contributed by atoms with E-state index in [2.05, 4.69) is 20.4 Å². The van der Waals surface area contributed by atoms with Crippen LogP contribution in [0.4, 0.5) is 0 Å². The first-order valence-electron chi connectivity index (χ1n) is 5.49. The largest absolute Gasteiger partial charge is 0.463 e. The van der Waals surface area contributed by atoms with Crippen LogP contribution in [0.3, 0.4) is 0 Å². The third kappa shape index (κ3) is 7.84. The van der Waals surface area contributed by atoms with E-state index in [-0.39, 0.29) is 5.97 Å². The lowest BCUT2D eigenvalue weighted by molar-refractivity contribution is -0.137. The number of rotatable bonds is 8. The van der Waals surface area contributed by atoms with Crippen LogP contribution in [0.5, 0.6) is 0 Å². The highest BCUT2D eigenvalue weighted by Gasteiger charge is 1.99. The number of esters is 1. The lowest BCUT2D eigenvalue weighted by Crippen LogP contribution is -2.01. The summed E-state index contributed by atoms with van der Waals surface area (Å²) in [6.45, 7) is 8.36. The number of unbranched alkanes of at least 4 members (excludes halogenated alkanes) is 2. The molecule has 0 rings (SSSR count). The Kier molecular flexibility index (Phi) is 8.30. The molecule has 0 aliphatic rings. The predicted octanol–water partition coefficient (Wildman–Crippen LogP) is 3.32. The second kappa shape index (κ2) is 8.79. The Labute approximate surface area is 87.3 Å². The zero-order valence-electron chi connectivity index (χ0n) is 9.42. The van der Waals surface area contributed by atoms with Crippen molar-refractivity contribution in [3.63, 3.8) is 0 Å². The Hall–Kier alpha value is -0.790. The first-order chi connectivity index (χ1) is 6.70. The maximum Gasteiger partial charge on any atom is 0.330 e. The molecule has 0 saturated carbocycles. The summed E-state index contributed by atoms with van der Waals surface area (Å²) in [7, 11) is 0. The Balaban J connectivity index is 3.14. The highest BCUT2D eigenvalue weighted by atomic mass is 16.5. The fourth-order valence-electron chi connectivity index (χ4n) is 1.21. The van der Waals surface area contributed by atoms with Gasteiger partial charge in [0.25, 0.3) is 0 Å². The normalized spacial score (nSPS) is 12.1. The van der Waals surface area contributed by atoms with Gasteiger partial charge in [0.1, 0.15) is 0 Å². The van der Waals surface area contributed by atoms with Crippen molar-refractivity contribution in [2.45, 2.75) is 46.0 Å². The molecule has 0 aliphatic heterocycles. The van der Waals surface area contributed by atoms with Gasteiger partial charge < -0.3 is 4.74 Å². The number of hydrogen-bond donors (Lipinski definition) is 0. The van der Waals surface area contributed by atoms with Crippen molar-refractivity contribution in [1.82, 2.24) is 0 Å². The van der Waals surface area contributed by atoms with Gasteiger partial charge in [-0.2, -0.15) is 0 Å². The average Bonchev–Trinajstić information content (AvgIpc) is 2.22. The van der Waals surface area contributed by atoms with E-state index in [1.54, 1.807) is 0 Å². The van der Waals surface area contributed by atoms with Crippen molar-refractivity contribution < 1.29 is 9.53 Å². The van der Waals surface area contributed by atoms with Gasteiger partial charge in [0.2, 0.25) is 0 Å². The van der Waals surface area contributed by atoms with E-state index < -0.39 is 0 Å². The Bertz CT molecular complexity index is 164. The van der Waals surface area contributed by atoms with Gasteiger partial charge in [0.05, 0.1) is 6.61 Å². The highest BCUT2D eigenvalue weighted by molar-refractivity contribution is 5.81. The smallest absolute Gasteiger partial charge is 0.330 e. The quantitative estimate of drug-likeness (QED) is 0.340. The van der Waals surface area contributed by atoms with Crippen LogP contribution in [0.2, 0.25) is 0 Å². The van der Waals surface area contributed by atoms with Crippen molar-refractivity contribution >= 4 is 5.97 Å². The summed E-state index contributed by atoms with van der Waals surface area (Å²) in [5, 5.41) is 0. The molecule has 0 aromatic heterocycles. The first-order valence-corrected chi connectivity index (χ1v) is 5.49. The molecule has 0 heterocycles. The van der Waals surface area contributed by atoms with E-state index in [0.29, 0.717) is 6.61 Å². The summed E-state index contributed by atoms with van der Waals surface area (Å²) in [5.74, 6) is 0.512. The average molecular weight is 198 g/mol. The molecule has 0 saturated heterocycles. The van der Waals surface area contributed by atoms with E-state index in [4.69, 9.17) is 4.74 Å². The van der Waals surface area contributed by atoms with Gasteiger partial charge in [-0.1, -0.05) is 46.1 Å². The molecule has 0 spiro atoms. The molecular weight excluding hydrogens is 176 g/mol. The van der Waals surface area contributed by atoms with E-state index in [0.717, 1.165) is 18.8 Å². The molecule has 14 heavy (non-hydrogen) atoms. The van der Waals surface area contributed by atoms with Crippen LogP contribution in [0.15, 0.2) is 12.7 Å². The van der Waals surface area contributed by atoms with Crippen molar-refractivity contribution in [2.75, 3.05) is 6.61 Å². The van der Waals surface area contributed by atoms with E-state index in [1.165, 1.54) is 25.3 Å². The van der Waals surface area contributed by atoms with Gasteiger partial charge in [0.15, 0.2) is 0 Å². The molecule has 82 valence electrons. The molecular formula is C12H22O2. The predicted molar refractivity (Wildman–Crippen MR) is 59.1 cm³/mol. The molecule has 1 atom stereocenters. The zero-order chi connectivity index (χ0) is 10.8. The molecule has 0 aromatic rings. The maximum atomic E-state index is 10.7. The Morgan fingerprint density at radius 1 is 1.43 bits per heavy atom. The number of carbonyl (C=O) groups excluding carboxylic acids is 1. The summed E-state index contributed by atoms with van der Waals surface area (Å²) in [5.41, 5.74) is 0. The minimum atomic E-state index is -0.313. The zero-order valence-corrected chi connectivity index (χ0v) is 9.42. The van der Waals surface area contributed by atoms with E-state index >= 15 is 0 Å². The molecule has 1 unspecified atom stereocenters. The molecule has 0 aliphatic carbocycles. The first kappa shape index (κ1) is 13.2. The van der Waals surface area contributed by atoms with Crippen LogP contribution < -0.4 is 0 Å². The van der Waals surface area contributed by atoms with Crippen LogP contribution in [-0.2, 0) is 9.53 Å². The lowest BCUT2D eigenvalue weighted by atomic mass is 10.0. The molecule has 2 nitrogen and oxygen atoms in total. The molecule has 0 bridgehead atoms. The lowest BCUT2D eigenvalue weighted by Gasteiger charge is -2.07. The minimum absolute atomic E-state index is 0.313. The highest BCUT2D eigenvalue weighted by Crippen LogP contribution is 2.11. The Morgan fingerprint density at radius 2 is 2.14 bits per heavy atom. The third-order valence-electron chi connectivity index (χ3n) is 2.45. The molecule has 0 radical (unpaired) electrons. The molecule has 0 amide bonds. The topological polar surface area (TPSA) is 26.3 Å². The molecule has 0 aromatic carbocycles. The summed E-state index contributed by atoms with van der Waals surface area (Å²) in [6.07, 6.45) is 7.10. The fraction of sp³-hybridized carbons (Fsp3) is 0.750. The van der Waals surface area contributed by atoms with E-state index in [9.17, 15) is 4.79 Å². The Morgan fingerprint density at radius 3 is 2.71 bits per heavy atom. The van der Waals surface area contributed by atoms with Gasteiger partial charge in [-0.15, -0.1) is 0 Å². The summed E-state index contributed by atoms with van der Waals surface area (Å²) in [6, 6.07) is 0. The van der Waals surface area contributed by atoms with Gasteiger partial charge in [-0.25, -0.2) is 4.79 Å². The van der Waals surface area contributed by atoms with Crippen LogP contribution in [0, 0.1) is 5.92 Å². The standard InChI is InChI=1S/C12H22O2/c1-4-11(3)9-7-6-8-10-14-12(13)5-2/h5,11H,2,4,6-10H2,1,3H3. The van der Waals surface area contributed by atoms with Crippen molar-refractivity contribution in [2.24, 2.45) is 5.92 Å². The third-order valence-corrected chi connectivity index (χ3v) is 2.45. The summed E-state index contributed by atoms with van der Waals surface area (Å²) in [4.78, 5) is 10.7. The molecule has 0 N–H and O–H groups in total. The monoisotopic (exact) mass is 198 g/mol. The van der Waals surface area contributed by atoms with Crippen molar-refractivity contribution in [3.8, 4) is 0 Å². The summed E-state index contributed by atoms with van der Waals surface area (Å²) < 4.78 is 4.87. The number of ether oxygens (including phenoxy) is 1. The van der Waals surface area contributed by atoms with E-state index in [1.807, 2.05) is 0 Å². The van der Waals surface area contributed by atoms with Crippen LogP contribution in [0.1, 0.15) is 46.0 Å². The van der Waals surface area contributed by atoms with Crippen molar-refractivity contribution in [1.29, 1.82) is 0 Å². The number of hydrogen-bond acceptors (Lipinski definition) is 2. The van der Waals surface area contributed by atoms with Crippen LogP contribution >= 0.6 is 0 Å². The maximum absolute atomic E-state index is 10.7. The van der Waals surface area contributed by atoms with Crippen LogP contribution in [-0.4, -0.2) is 12.6 Å².